The van der Waals surface area contributed by atoms with Crippen LogP contribution < -0.4 is 4.74 Å². The van der Waals surface area contributed by atoms with Crippen LogP contribution in [0.1, 0.15) is 58.9 Å². The summed E-state index contributed by atoms with van der Waals surface area (Å²) in [5.41, 5.74) is 1.29. The third-order valence-electron chi connectivity index (χ3n) is 6.72. The predicted molar refractivity (Wildman–Crippen MR) is 119 cm³/mol. The number of hydrogen-bond donors (Lipinski definition) is 1. The zero-order valence-corrected chi connectivity index (χ0v) is 19.2. The van der Waals surface area contributed by atoms with Gasteiger partial charge in [-0.05, 0) is 73.9 Å². The Morgan fingerprint density at radius 3 is 2.39 bits per heavy atom. The molecular weight excluding hydrogens is 433 g/mol. The summed E-state index contributed by atoms with van der Waals surface area (Å²) < 4.78 is 41.8. The SMILES string of the molecule is C[C@@H]1C[C@H](N2C3=CC=C(C(=O)O)CC3(C)N=C2c2ccc(OC(F)(F)F)cc2)CC(C)(C)C1. The highest BCUT2D eigenvalue weighted by Crippen LogP contribution is 2.48. The van der Waals surface area contributed by atoms with Crippen LogP contribution in [-0.4, -0.2) is 39.8 Å². The number of hydrogen-bond acceptors (Lipinski definition) is 4. The van der Waals surface area contributed by atoms with Gasteiger partial charge in [-0.1, -0.05) is 20.8 Å². The molecule has 8 heteroatoms. The molecule has 1 fully saturated rings. The van der Waals surface area contributed by atoms with E-state index in [0.29, 0.717) is 17.3 Å². The molecule has 178 valence electrons. The van der Waals surface area contributed by atoms with Gasteiger partial charge in [-0.25, -0.2) is 4.79 Å². The molecule has 1 N–H and O–H groups in total. The average molecular weight is 463 g/mol. The molecule has 0 aromatic heterocycles. The van der Waals surface area contributed by atoms with Crippen molar-refractivity contribution >= 4 is 11.8 Å². The highest BCUT2D eigenvalue weighted by Gasteiger charge is 2.48. The summed E-state index contributed by atoms with van der Waals surface area (Å²) in [6.45, 7) is 8.67. The van der Waals surface area contributed by atoms with Gasteiger partial charge in [0.1, 0.15) is 17.1 Å². The maximum Gasteiger partial charge on any atom is 0.573 e. The normalized spacial score (nSPS) is 29.1. The molecule has 0 spiro atoms. The molecular formula is C25H29F3N2O3. The molecule has 1 aliphatic heterocycles. The van der Waals surface area contributed by atoms with Crippen molar-refractivity contribution in [3.8, 4) is 5.75 Å². The van der Waals surface area contributed by atoms with Crippen LogP contribution in [0.3, 0.4) is 0 Å². The number of ether oxygens (including phenoxy) is 1. The van der Waals surface area contributed by atoms with Gasteiger partial charge in [0.15, 0.2) is 0 Å². The Bertz CT molecular complexity index is 1040. The van der Waals surface area contributed by atoms with Crippen LogP contribution in [-0.2, 0) is 4.79 Å². The highest BCUT2D eigenvalue weighted by molar-refractivity contribution is 6.03. The van der Waals surface area contributed by atoms with Gasteiger partial charge in [-0.3, -0.25) is 4.99 Å². The number of benzene rings is 1. The van der Waals surface area contributed by atoms with Crippen molar-refractivity contribution < 1.29 is 27.8 Å². The number of aliphatic imine (C=N–C) groups is 1. The van der Waals surface area contributed by atoms with E-state index in [9.17, 15) is 23.1 Å². The van der Waals surface area contributed by atoms with E-state index in [-0.39, 0.29) is 29.2 Å². The van der Waals surface area contributed by atoms with Crippen LogP contribution in [0, 0.1) is 11.3 Å². The van der Waals surface area contributed by atoms with E-state index in [4.69, 9.17) is 4.99 Å². The van der Waals surface area contributed by atoms with Crippen molar-refractivity contribution in [3.63, 3.8) is 0 Å². The number of carboxylic acid groups (broad SMARTS) is 1. The van der Waals surface area contributed by atoms with Crippen molar-refractivity contribution in [3.05, 3.63) is 53.3 Å². The van der Waals surface area contributed by atoms with Gasteiger partial charge < -0.3 is 14.7 Å². The average Bonchev–Trinajstić information content (AvgIpc) is 2.98. The number of carboxylic acids is 1. The first-order valence-corrected chi connectivity index (χ1v) is 11.2. The quantitative estimate of drug-likeness (QED) is 0.603. The Labute approximate surface area is 191 Å². The predicted octanol–water partition coefficient (Wildman–Crippen LogP) is 5.92. The molecule has 2 aliphatic carbocycles. The van der Waals surface area contributed by atoms with E-state index in [0.717, 1.165) is 25.0 Å². The summed E-state index contributed by atoms with van der Waals surface area (Å²) >= 11 is 0. The molecule has 3 aliphatic rings. The number of aliphatic carboxylic acids is 1. The Balaban J connectivity index is 1.75. The monoisotopic (exact) mass is 462 g/mol. The second-order valence-corrected chi connectivity index (χ2v) is 10.4. The van der Waals surface area contributed by atoms with Crippen LogP contribution in [0.5, 0.6) is 5.75 Å². The third kappa shape index (κ3) is 4.80. The number of carbonyl (C=O) groups is 1. The minimum Gasteiger partial charge on any atom is -0.478 e. The maximum atomic E-state index is 12.6. The Hall–Kier alpha value is -2.77. The third-order valence-corrected chi connectivity index (χ3v) is 6.72. The first kappa shape index (κ1) is 23.4. The van der Waals surface area contributed by atoms with Gasteiger partial charge in [0.05, 0.1) is 0 Å². The summed E-state index contributed by atoms with van der Waals surface area (Å²) in [7, 11) is 0. The van der Waals surface area contributed by atoms with Gasteiger partial charge in [-0.2, -0.15) is 0 Å². The van der Waals surface area contributed by atoms with E-state index < -0.39 is 17.9 Å². The molecule has 0 amide bonds. The lowest BCUT2D eigenvalue weighted by atomic mass is 9.70. The number of rotatable bonds is 4. The molecule has 1 saturated carbocycles. The Morgan fingerprint density at radius 2 is 1.82 bits per heavy atom. The van der Waals surface area contributed by atoms with E-state index in [2.05, 4.69) is 30.4 Å². The number of allylic oxidation sites excluding steroid dienone is 2. The molecule has 0 radical (unpaired) electrons. The maximum absolute atomic E-state index is 12.6. The molecule has 33 heavy (non-hydrogen) atoms. The fourth-order valence-electron chi connectivity index (χ4n) is 5.74. The molecule has 5 nitrogen and oxygen atoms in total. The van der Waals surface area contributed by atoms with Crippen molar-refractivity contribution in [1.82, 2.24) is 4.90 Å². The smallest absolute Gasteiger partial charge is 0.478 e. The number of fused-ring (bicyclic) bond motifs is 1. The summed E-state index contributed by atoms with van der Waals surface area (Å²) in [4.78, 5) is 18.8. The number of halogens is 3. The highest BCUT2D eigenvalue weighted by atomic mass is 19.4. The Kier molecular flexibility index (Phi) is 5.61. The van der Waals surface area contributed by atoms with Crippen LogP contribution in [0.2, 0.25) is 0 Å². The largest absolute Gasteiger partial charge is 0.573 e. The van der Waals surface area contributed by atoms with Crippen LogP contribution >= 0.6 is 0 Å². The lowest BCUT2D eigenvalue weighted by Gasteiger charge is -2.45. The van der Waals surface area contributed by atoms with Crippen LogP contribution in [0.4, 0.5) is 13.2 Å². The fraction of sp³-hybridized carbons (Fsp3) is 0.520. The molecule has 1 unspecified atom stereocenters. The van der Waals surface area contributed by atoms with E-state index >= 15 is 0 Å². The molecule has 0 bridgehead atoms. The molecule has 4 rings (SSSR count). The van der Waals surface area contributed by atoms with E-state index in [1.54, 1.807) is 18.2 Å². The Morgan fingerprint density at radius 1 is 1.15 bits per heavy atom. The molecule has 1 aromatic rings. The van der Waals surface area contributed by atoms with E-state index in [1.807, 2.05) is 13.0 Å². The van der Waals surface area contributed by atoms with Gasteiger partial charge in [0.25, 0.3) is 0 Å². The lowest BCUT2D eigenvalue weighted by Crippen LogP contribution is -2.46. The summed E-state index contributed by atoms with van der Waals surface area (Å²) in [6, 6.07) is 5.89. The molecule has 3 atom stereocenters. The fourth-order valence-corrected chi connectivity index (χ4v) is 5.74. The van der Waals surface area contributed by atoms with Crippen LogP contribution in [0.25, 0.3) is 0 Å². The lowest BCUT2D eigenvalue weighted by molar-refractivity contribution is -0.274. The summed E-state index contributed by atoms with van der Waals surface area (Å²) in [6.07, 6.45) is 2.00. The minimum atomic E-state index is -4.76. The van der Waals surface area contributed by atoms with Gasteiger partial charge in [0.2, 0.25) is 0 Å². The number of nitrogens with zero attached hydrogens (tertiary/aromatic N) is 2. The molecule has 1 aromatic carbocycles. The molecule has 0 saturated heterocycles. The minimum absolute atomic E-state index is 0.133. The summed E-state index contributed by atoms with van der Waals surface area (Å²) in [5.74, 6) is -0.0923. The van der Waals surface area contributed by atoms with E-state index in [1.165, 1.54) is 12.1 Å². The standard InChI is InChI=1S/C25H29F3N2O3/c1-15-11-18(14-23(2,3)12-15)30-20-10-7-17(22(31)32)13-24(20,4)29-21(30)16-5-8-19(9-6-16)33-25(26,27)28/h5-10,15,18H,11-14H2,1-4H3,(H,31,32)/t15-,18+,24?/m1/s1. The number of alkyl halides is 3. The van der Waals surface area contributed by atoms with Gasteiger partial charge in [-0.15, -0.1) is 13.2 Å². The summed E-state index contributed by atoms with van der Waals surface area (Å²) in [5, 5.41) is 9.53. The molecule has 1 heterocycles. The van der Waals surface area contributed by atoms with Crippen molar-refractivity contribution in [1.29, 1.82) is 0 Å². The van der Waals surface area contributed by atoms with Gasteiger partial charge in [0, 0.05) is 29.3 Å². The zero-order valence-electron chi connectivity index (χ0n) is 19.2. The second kappa shape index (κ2) is 7.92. The van der Waals surface area contributed by atoms with Crippen molar-refractivity contribution in [2.75, 3.05) is 0 Å². The second-order valence-electron chi connectivity index (χ2n) is 10.4. The van der Waals surface area contributed by atoms with Crippen LogP contribution in [0.15, 0.2) is 52.7 Å². The topological polar surface area (TPSA) is 62.1 Å². The first-order chi connectivity index (χ1) is 15.3. The van der Waals surface area contributed by atoms with Crippen molar-refractivity contribution in [2.24, 2.45) is 16.3 Å². The van der Waals surface area contributed by atoms with Gasteiger partial charge >= 0.3 is 12.3 Å². The van der Waals surface area contributed by atoms with Crippen molar-refractivity contribution in [2.45, 2.75) is 71.3 Å². The first-order valence-electron chi connectivity index (χ1n) is 11.2. The zero-order chi connectivity index (χ0) is 24.2. The number of amidine groups is 1.